The zero-order valence-corrected chi connectivity index (χ0v) is 17.7. The summed E-state index contributed by atoms with van der Waals surface area (Å²) in [5.74, 6) is 1.01. The Bertz CT molecular complexity index is 1080. The molecule has 30 heavy (non-hydrogen) atoms. The van der Waals surface area contributed by atoms with Crippen LogP contribution >= 0.6 is 11.8 Å². The fourth-order valence-corrected chi connectivity index (χ4v) is 4.43. The molecule has 0 unspecified atom stereocenters. The molecule has 2 aromatic heterocycles. The van der Waals surface area contributed by atoms with E-state index in [-0.39, 0.29) is 17.2 Å². The molecular formula is C21H24N6O2S. The molecule has 9 heteroatoms. The predicted octanol–water partition coefficient (Wildman–Crippen LogP) is 2.04. The summed E-state index contributed by atoms with van der Waals surface area (Å²) in [4.78, 5) is 42.8. The first kappa shape index (κ1) is 20.3. The van der Waals surface area contributed by atoms with Crippen molar-refractivity contribution in [2.75, 3.05) is 36.8 Å². The number of fused-ring (bicyclic) bond motifs is 1. The SMILES string of the molecule is CCCn1c(SCC(=O)N2CCN(c3ncccn3)CC2)nc2ccccc2c1=O. The van der Waals surface area contributed by atoms with E-state index in [1.54, 1.807) is 29.1 Å². The molecule has 0 radical (unpaired) electrons. The zero-order chi connectivity index (χ0) is 20.9. The maximum atomic E-state index is 12.9. The van der Waals surface area contributed by atoms with Crippen LogP contribution in [0.15, 0.2) is 52.7 Å². The lowest BCUT2D eigenvalue weighted by Gasteiger charge is -2.34. The van der Waals surface area contributed by atoms with Gasteiger partial charge in [-0.25, -0.2) is 15.0 Å². The van der Waals surface area contributed by atoms with Crippen molar-refractivity contribution in [2.24, 2.45) is 0 Å². The molecule has 3 heterocycles. The first-order chi connectivity index (χ1) is 14.7. The molecule has 0 aliphatic carbocycles. The van der Waals surface area contributed by atoms with E-state index in [1.807, 2.05) is 30.0 Å². The molecule has 1 aromatic carbocycles. The monoisotopic (exact) mass is 424 g/mol. The number of aromatic nitrogens is 4. The standard InChI is InChI=1S/C21H24N6O2S/c1-2-10-27-19(29)16-6-3-4-7-17(16)24-21(27)30-15-18(28)25-11-13-26(14-12-25)20-22-8-5-9-23-20/h3-9H,2,10-15H2,1H3. The number of carbonyl (C=O) groups is 1. The van der Waals surface area contributed by atoms with Gasteiger partial charge in [-0.3, -0.25) is 14.2 Å². The number of para-hydroxylation sites is 1. The quantitative estimate of drug-likeness (QED) is 0.442. The Morgan fingerprint density at radius 3 is 2.53 bits per heavy atom. The van der Waals surface area contributed by atoms with Crippen molar-refractivity contribution in [3.8, 4) is 0 Å². The highest BCUT2D eigenvalue weighted by Crippen LogP contribution is 2.19. The van der Waals surface area contributed by atoms with Crippen LogP contribution in [0.4, 0.5) is 5.95 Å². The molecule has 1 fully saturated rings. The lowest BCUT2D eigenvalue weighted by molar-refractivity contribution is -0.128. The van der Waals surface area contributed by atoms with Gasteiger partial charge in [-0.15, -0.1) is 0 Å². The summed E-state index contributed by atoms with van der Waals surface area (Å²) < 4.78 is 1.69. The van der Waals surface area contributed by atoms with Gasteiger partial charge in [0.05, 0.1) is 16.7 Å². The van der Waals surface area contributed by atoms with Crippen molar-refractivity contribution in [1.29, 1.82) is 0 Å². The number of amides is 1. The molecule has 0 atom stereocenters. The van der Waals surface area contributed by atoms with Gasteiger partial charge < -0.3 is 9.80 Å². The third kappa shape index (κ3) is 4.30. The molecule has 3 aromatic rings. The molecule has 0 bridgehead atoms. The van der Waals surface area contributed by atoms with Gasteiger partial charge in [0, 0.05) is 45.1 Å². The Kier molecular flexibility index (Phi) is 6.27. The molecule has 0 N–H and O–H groups in total. The second-order valence-electron chi connectivity index (χ2n) is 7.07. The van der Waals surface area contributed by atoms with Crippen molar-refractivity contribution >= 4 is 34.5 Å². The van der Waals surface area contributed by atoms with Crippen LogP contribution in [-0.2, 0) is 11.3 Å². The fourth-order valence-electron chi connectivity index (χ4n) is 3.51. The minimum atomic E-state index is -0.0473. The molecule has 0 saturated carbocycles. The minimum Gasteiger partial charge on any atom is -0.338 e. The van der Waals surface area contributed by atoms with Gasteiger partial charge in [-0.1, -0.05) is 30.8 Å². The minimum absolute atomic E-state index is 0.0473. The van der Waals surface area contributed by atoms with Crippen LogP contribution in [0.1, 0.15) is 13.3 Å². The third-order valence-corrected chi connectivity index (χ3v) is 6.03. The van der Waals surface area contributed by atoms with Gasteiger partial charge in [0.15, 0.2) is 5.16 Å². The summed E-state index contributed by atoms with van der Waals surface area (Å²) >= 11 is 1.34. The van der Waals surface area contributed by atoms with Crippen molar-refractivity contribution in [3.63, 3.8) is 0 Å². The molecule has 4 rings (SSSR count). The zero-order valence-electron chi connectivity index (χ0n) is 16.9. The van der Waals surface area contributed by atoms with E-state index in [4.69, 9.17) is 0 Å². The molecule has 8 nitrogen and oxygen atoms in total. The summed E-state index contributed by atoms with van der Waals surface area (Å²) in [6.45, 7) is 5.28. The normalized spacial score (nSPS) is 14.3. The van der Waals surface area contributed by atoms with Crippen molar-refractivity contribution < 1.29 is 4.79 Å². The Morgan fingerprint density at radius 1 is 1.07 bits per heavy atom. The second kappa shape index (κ2) is 9.25. The highest BCUT2D eigenvalue weighted by atomic mass is 32.2. The van der Waals surface area contributed by atoms with Gasteiger partial charge in [0.2, 0.25) is 11.9 Å². The van der Waals surface area contributed by atoms with Crippen LogP contribution in [0.3, 0.4) is 0 Å². The molecule has 156 valence electrons. The van der Waals surface area contributed by atoms with Crippen LogP contribution in [0.2, 0.25) is 0 Å². The highest BCUT2D eigenvalue weighted by molar-refractivity contribution is 7.99. The Morgan fingerprint density at radius 2 is 1.80 bits per heavy atom. The number of benzene rings is 1. The molecular weight excluding hydrogens is 400 g/mol. The van der Waals surface area contributed by atoms with Crippen molar-refractivity contribution in [1.82, 2.24) is 24.4 Å². The number of hydrogen-bond acceptors (Lipinski definition) is 7. The van der Waals surface area contributed by atoms with Crippen LogP contribution in [0.25, 0.3) is 10.9 Å². The molecule has 1 amide bonds. The number of nitrogens with zero attached hydrogens (tertiary/aromatic N) is 6. The predicted molar refractivity (Wildman–Crippen MR) is 118 cm³/mol. The van der Waals surface area contributed by atoms with Gasteiger partial charge >= 0.3 is 0 Å². The van der Waals surface area contributed by atoms with E-state index in [0.29, 0.717) is 54.7 Å². The third-order valence-electron chi connectivity index (χ3n) is 5.07. The Hall–Kier alpha value is -2.94. The van der Waals surface area contributed by atoms with Crippen molar-refractivity contribution in [2.45, 2.75) is 25.0 Å². The van der Waals surface area contributed by atoms with E-state index >= 15 is 0 Å². The number of rotatable bonds is 6. The number of piperazine rings is 1. The van der Waals surface area contributed by atoms with Gasteiger partial charge in [-0.2, -0.15) is 0 Å². The summed E-state index contributed by atoms with van der Waals surface area (Å²) in [5, 5.41) is 1.21. The smallest absolute Gasteiger partial charge is 0.262 e. The van der Waals surface area contributed by atoms with Crippen LogP contribution in [0, 0.1) is 0 Å². The van der Waals surface area contributed by atoms with Gasteiger partial charge in [0.1, 0.15) is 0 Å². The maximum Gasteiger partial charge on any atom is 0.262 e. The maximum absolute atomic E-state index is 12.9. The first-order valence-corrected chi connectivity index (χ1v) is 11.1. The van der Waals surface area contributed by atoms with Crippen LogP contribution in [0.5, 0.6) is 0 Å². The van der Waals surface area contributed by atoms with E-state index in [9.17, 15) is 9.59 Å². The Balaban J connectivity index is 1.42. The lowest BCUT2D eigenvalue weighted by Crippen LogP contribution is -2.49. The first-order valence-electron chi connectivity index (χ1n) is 10.1. The molecule has 1 aliphatic heterocycles. The largest absolute Gasteiger partial charge is 0.338 e. The topological polar surface area (TPSA) is 84.2 Å². The average Bonchev–Trinajstić information content (AvgIpc) is 2.80. The van der Waals surface area contributed by atoms with Crippen LogP contribution in [-0.4, -0.2) is 62.3 Å². The summed E-state index contributed by atoms with van der Waals surface area (Å²) in [5.41, 5.74) is 0.621. The number of thioether (sulfide) groups is 1. The van der Waals surface area contributed by atoms with Crippen LogP contribution < -0.4 is 10.5 Å². The van der Waals surface area contributed by atoms with E-state index in [1.165, 1.54) is 11.8 Å². The number of anilines is 1. The lowest BCUT2D eigenvalue weighted by atomic mass is 10.2. The van der Waals surface area contributed by atoms with Crippen molar-refractivity contribution in [3.05, 3.63) is 53.1 Å². The van der Waals surface area contributed by atoms with E-state index < -0.39 is 0 Å². The highest BCUT2D eigenvalue weighted by Gasteiger charge is 2.23. The van der Waals surface area contributed by atoms with Gasteiger partial charge in [-0.05, 0) is 24.6 Å². The summed E-state index contributed by atoms with van der Waals surface area (Å²) in [7, 11) is 0. The van der Waals surface area contributed by atoms with Gasteiger partial charge in [0.25, 0.3) is 5.56 Å². The second-order valence-corrected chi connectivity index (χ2v) is 8.02. The summed E-state index contributed by atoms with van der Waals surface area (Å²) in [6, 6.07) is 9.14. The fraction of sp³-hybridized carbons (Fsp3) is 0.381. The number of carbonyl (C=O) groups excluding carboxylic acids is 1. The van der Waals surface area contributed by atoms with E-state index in [0.717, 1.165) is 6.42 Å². The molecule has 1 aliphatic rings. The summed E-state index contributed by atoms with van der Waals surface area (Å²) in [6.07, 6.45) is 4.27. The Labute approximate surface area is 179 Å². The number of hydrogen-bond donors (Lipinski definition) is 0. The van der Waals surface area contributed by atoms with E-state index in [2.05, 4.69) is 19.9 Å². The molecule has 1 saturated heterocycles. The average molecular weight is 425 g/mol. The molecule has 0 spiro atoms.